The monoisotopic (exact) mass is 396 g/mol. The third kappa shape index (κ3) is 4.00. The van der Waals surface area contributed by atoms with Gasteiger partial charge in [0.25, 0.3) is 0 Å². The van der Waals surface area contributed by atoms with E-state index in [4.69, 9.17) is 14.2 Å². The van der Waals surface area contributed by atoms with Crippen molar-refractivity contribution in [1.29, 1.82) is 0 Å². The van der Waals surface area contributed by atoms with Crippen molar-refractivity contribution in [3.05, 3.63) is 52.0 Å². The normalized spacial score (nSPS) is 10.3. The Bertz CT molecular complexity index is 703. The highest BCUT2D eigenvalue weighted by Crippen LogP contribution is 2.37. The van der Waals surface area contributed by atoms with Gasteiger partial charge in [-0.2, -0.15) is 0 Å². The van der Waals surface area contributed by atoms with E-state index < -0.39 is 5.97 Å². The summed E-state index contributed by atoms with van der Waals surface area (Å²) in [6.45, 7) is 0. The summed E-state index contributed by atoms with van der Waals surface area (Å²) in [5, 5.41) is 0. The predicted octanol–water partition coefficient (Wildman–Crippen LogP) is 4.55. The van der Waals surface area contributed by atoms with Gasteiger partial charge in [-0.25, -0.2) is 4.79 Å². The molecule has 0 amide bonds. The SMILES string of the molecule is COC(=O)c1c(CSc2ccccc2OC)ccc(Br)c1OC. The highest BCUT2D eigenvalue weighted by Gasteiger charge is 2.21. The zero-order valence-corrected chi connectivity index (χ0v) is 15.5. The van der Waals surface area contributed by atoms with Gasteiger partial charge in [0, 0.05) is 10.6 Å². The first-order valence-corrected chi connectivity index (χ1v) is 8.59. The first-order valence-electron chi connectivity index (χ1n) is 6.81. The van der Waals surface area contributed by atoms with Gasteiger partial charge >= 0.3 is 5.97 Å². The molecule has 0 heterocycles. The second kappa shape index (κ2) is 8.26. The summed E-state index contributed by atoms with van der Waals surface area (Å²) < 4.78 is 16.3. The molecule has 2 rings (SSSR count). The highest BCUT2D eigenvalue weighted by molar-refractivity contribution is 9.10. The standard InChI is InChI=1S/C17H17BrO4S/c1-20-13-6-4-5-7-14(13)23-10-11-8-9-12(18)16(21-2)15(11)17(19)22-3/h4-9H,10H2,1-3H3. The molecular weight excluding hydrogens is 380 g/mol. The third-order valence-electron chi connectivity index (χ3n) is 3.24. The molecule has 2 aromatic carbocycles. The molecule has 0 aliphatic rings. The third-order valence-corrected chi connectivity index (χ3v) is 4.97. The average Bonchev–Trinajstić information content (AvgIpc) is 2.59. The first-order chi connectivity index (χ1) is 11.1. The minimum atomic E-state index is -0.418. The summed E-state index contributed by atoms with van der Waals surface area (Å²) in [5.74, 6) is 1.46. The molecule has 0 saturated carbocycles. The van der Waals surface area contributed by atoms with Crippen molar-refractivity contribution in [3.8, 4) is 11.5 Å². The number of carbonyl (C=O) groups is 1. The molecule has 0 saturated heterocycles. The number of carbonyl (C=O) groups excluding carboxylic acids is 1. The molecule has 4 nitrogen and oxygen atoms in total. The van der Waals surface area contributed by atoms with Gasteiger partial charge in [0.05, 0.1) is 25.8 Å². The predicted molar refractivity (Wildman–Crippen MR) is 94.6 cm³/mol. The Morgan fingerprint density at radius 2 is 1.83 bits per heavy atom. The molecule has 0 radical (unpaired) electrons. The summed E-state index contributed by atoms with van der Waals surface area (Å²) in [6, 6.07) is 11.5. The van der Waals surface area contributed by atoms with Crippen LogP contribution in [0.3, 0.4) is 0 Å². The Balaban J connectivity index is 2.34. The zero-order chi connectivity index (χ0) is 16.8. The smallest absolute Gasteiger partial charge is 0.342 e. The van der Waals surface area contributed by atoms with E-state index >= 15 is 0 Å². The van der Waals surface area contributed by atoms with Gasteiger partial charge in [0.1, 0.15) is 17.1 Å². The van der Waals surface area contributed by atoms with E-state index in [1.165, 1.54) is 14.2 Å². The number of halogens is 1. The van der Waals surface area contributed by atoms with E-state index in [1.54, 1.807) is 18.9 Å². The topological polar surface area (TPSA) is 44.8 Å². The molecule has 0 fully saturated rings. The van der Waals surface area contributed by atoms with Crippen molar-refractivity contribution in [2.75, 3.05) is 21.3 Å². The minimum absolute atomic E-state index is 0.418. The van der Waals surface area contributed by atoms with Crippen molar-refractivity contribution < 1.29 is 19.0 Å². The summed E-state index contributed by atoms with van der Waals surface area (Å²) in [6.07, 6.45) is 0. The lowest BCUT2D eigenvalue weighted by molar-refractivity contribution is 0.0596. The fourth-order valence-corrected chi connectivity index (χ4v) is 3.65. The lowest BCUT2D eigenvalue weighted by Crippen LogP contribution is -2.08. The summed E-state index contributed by atoms with van der Waals surface area (Å²) in [5.41, 5.74) is 1.28. The van der Waals surface area contributed by atoms with Gasteiger partial charge in [-0.1, -0.05) is 18.2 Å². The number of thioether (sulfide) groups is 1. The summed E-state index contributed by atoms with van der Waals surface area (Å²) >= 11 is 4.99. The van der Waals surface area contributed by atoms with Crippen LogP contribution in [-0.2, 0) is 10.5 Å². The molecule has 0 bridgehead atoms. The van der Waals surface area contributed by atoms with Crippen LogP contribution in [0.2, 0.25) is 0 Å². The molecule has 0 unspecified atom stereocenters. The van der Waals surface area contributed by atoms with Gasteiger partial charge < -0.3 is 14.2 Å². The summed E-state index contributed by atoms with van der Waals surface area (Å²) in [7, 11) is 4.53. The molecule has 0 atom stereocenters. The Kier molecular flexibility index (Phi) is 6.36. The quantitative estimate of drug-likeness (QED) is 0.529. The fourth-order valence-electron chi connectivity index (χ4n) is 2.14. The Morgan fingerprint density at radius 3 is 2.48 bits per heavy atom. The van der Waals surface area contributed by atoms with E-state index in [0.717, 1.165) is 16.2 Å². The van der Waals surface area contributed by atoms with E-state index in [2.05, 4.69) is 15.9 Å². The number of hydrogen-bond acceptors (Lipinski definition) is 5. The molecule has 6 heteroatoms. The molecule has 0 aromatic heterocycles. The largest absolute Gasteiger partial charge is 0.496 e. The maximum atomic E-state index is 12.1. The van der Waals surface area contributed by atoms with Gasteiger partial charge in [0.15, 0.2) is 0 Å². The van der Waals surface area contributed by atoms with Crippen molar-refractivity contribution in [2.24, 2.45) is 0 Å². The number of rotatable bonds is 6. The second-order valence-corrected chi connectivity index (χ2v) is 6.42. The van der Waals surface area contributed by atoms with Crippen molar-refractivity contribution in [3.63, 3.8) is 0 Å². The van der Waals surface area contributed by atoms with Gasteiger partial charge in [-0.3, -0.25) is 0 Å². The van der Waals surface area contributed by atoms with Crippen LogP contribution in [0.25, 0.3) is 0 Å². The van der Waals surface area contributed by atoms with Crippen molar-refractivity contribution >= 4 is 33.7 Å². The van der Waals surface area contributed by atoms with Crippen molar-refractivity contribution in [2.45, 2.75) is 10.6 Å². The van der Waals surface area contributed by atoms with Crippen molar-refractivity contribution in [1.82, 2.24) is 0 Å². The Morgan fingerprint density at radius 1 is 1.09 bits per heavy atom. The zero-order valence-electron chi connectivity index (χ0n) is 13.1. The Hall–Kier alpha value is -1.66. The van der Waals surface area contributed by atoms with Gasteiger partial charge in [0.2, 0.25) is 0 Å². The summed E-state index contributed by atoms with van der Waals surface area (Å²) in [4.78, 5) is 13.2. The molecule has 23 heavy (non-hydrogen) atoms. The molecule has 2 aromatic rings. The molecule has 0 spiro atoms. The number of esters is 1. The van der Waals surface area contributed by atoms with Crippen LogP contribution >= 0.6 is 27.7 Å². The number of methoxy groups -OCH3 is 3. The molecule has 0 N–H and O–H groups in total. The minimum Gasteiger partial charge on any atom is -0.496 e. The van der Waals surface area contributed by atoms with E-state index in [-0.39, 0.29) is 0 Å². The lowest BCUT2D eigenvalue weighted by Gasteiger charge is -2.14. The fraction of sp³-hybridized carbons (Fsp3) is 0.235. The molecule has 0 aliphatic carbocycles. The molecule has 122 valence electrons. The van der Waals surface area contributed by atoms with Crippen LogP contribution in [-0.4, -0.2) is 27.3 Å². The maximum absolute atomic E-state index is 12.1. The molecular formula is C17H17BrO4S. The van der Waals surface area contributed by atoms with E-state index in [1.807, 2.05) is 36.4 Å². The van der Waals surface area contributed by atoms with E-state index in [0.29, 0.717) is 21.5 Å². The number of hydrogen-bond donors (Lipinski definition) is 0. The number of para-hydroxylation sites is 1. The highest BCUT2D eigenvalue weighted by atomic mass is 79.9. The van der Waals surface area contributed by atoms with Crippen LogP contribution in [0.5, 0.6) is 11.5 Å². The van der Waals surface area contributed by atoms with Crippen LogP contribution in [0.15, 0.2) is 45.8 Å². The first kappa shape index (κ1) is 17.7. The maximum Gasteiger partial charge on any atom is 0.342 e. The second-order valence-electron chi connectivity index (χ2n) is 4.55. The van der Waals surface area contributed by atoms with E-state index in [9.17, 15) is 4.79 Å². The number of ether oxygens (including phenoxy) is 3. The Labute approximate surface area is 148 Å². The molecule has 0 aliphatic heterocycles. The lowest BCUT2D eigenvalue weighted by atomic mass is 10.1. The number of benzene rings is 2. The van der Waals surface area contributed by atoms with Crippen LogP contribution in [0, 0.1) is 0 Å². The van der Waals surface area contributed by atoms with Gasteiger partial charge in [-0.15, -0.1) is 11.8 Å². The van der Waals surface area contributed by atoms with Crippen LogP contribution < -0.4 is 9.47 Å². The van der Waals surface area contributed by atoms with Gasteiger partial charge in [-0.05, 0) is 39.7 Å². The van der Waals surface area contributed by atoms with Crippen LogP contribution in [0.4, 0.5) is 0 Å². The van der Waals surface area contributed by atoms with Crippen LogP contribution in [0.1, 0.15) is 15.9 Å². The average molecular weight is 397 g/mol.